The smallest absolute Gasteiger partial charge is 0.127 e. The maximum atomic E-state index is 6.26. The molecule has 0 saturated carbocycles. The Morgan fingerprint density at radius 2 is 2.00 bits per heavy atom. The van der Waals surface area contributed by atoms with Gasteiger partial charge in [-0.2, -0.15) is 0 Å². The second-order valence-electron chi connectivity index (χ2n) is 6.99. The minimum atomic E-state index is -0.00536. The quantitative estimate of drug-likeness (QED) is 0.900. The molecule has 2 fully saturated rings. The highest BCUT2D eigenvalue weighted by atomic mass is 32.1. The molecule has 0 unspecified atom stereocenters. The Morgan fingerprint density at radius 1 is 1.12 bits per heavy atom. The number of thiazole rings is 1. The van der Waals surface area contributed by atoms with E-state index in [0.717, 1.165) is 64.3 Å². The van der Waals surface area contributed by atoms with E-state index in [2.05, 4.69) is 25.8 Å². The first kappa shape index (κ1) is 16.9. The van der Waals surface area contributed by atoms with Gasteiger partial charge in [0, 0.05) is 56.1 Å². The maximum Gasteiger partial charge on any atom is 0.127 e. The van der Waals surface area contributed by atoms with Gasteiger partial charge in [-0.05, 0) is 18.9 Å². The number of nitrogens with zero attached hydrogens (tertiary/aromatic N) is 4. The third-order valence-electron chi connectivity index (χ3n) is 5.26. The molecule has 4 rings (SSSR count). The predicted molar refractivity (Wildman–Crippen MR) is 99.2 cm³/mol. The number of nitrogens with two attached hydrogens (primary N) is 1. The van der Waals surface area contributed by atoms with Gasteiger partial charge in [0.25, 0.3) is 0 Å². The van der Waals surface area contributed by atoms with E-state index in [4.69, 9.17) is 10.5 Å². The average Bonchev–Trinajstić information content (AvgIpc) is 3.13. The summed E-state index contributed by atoms with van der Waals surface area (Å²) in [5.41, 5.74) is 7.12. The summed E-state index contributed by atoms with van der Waals surface area (Å²) in [5, 5.41) is 3.25. The van der Waals surface area contributed by atoms with Crippen LogP contribution in [0.1, 0.15) is 23.4 Å². The van der Waals surface area contributed by atoms with Crippen molar-refractivity contribution in [1.29, 1.82) is 0 Å². The molecule has 2 aliphatic heterocycles. The van der Waals surface area contributed by atoms with Gasteiger partial charge in [0.15, 0.2) is 0 Å². The van der Waals surface area contributed by atoms with Gasteiger partial charge >= 0.3 is 0 Å². The van der Waals surface area contributed by atoms with Crippen LogP contribution in [0.3, 0.4) is 0 Å². The van der Waals surface area contributed by atoms with Gasteiger partial charge in [-0.15, -0.1) is 11.3 Å². The standard InChI is InChI=1S/C18H25N5OS/c19-17-15(2-1-5-21-17)12-23-9-10-24-18(14-23)3-7-22(8-4-18)13-16-20-6-11-25-16/h1-2,5-6,11H,3-4,7-10,12-14H2,(H2,19,21). The Hall–Kier alpha value is -1.54. The molecule has 0 radical (unpaired) electrons. The summed E-state index contributed by atoms with van der Waals surface area (Å²) in [7, 11) is 0. The lowest BCUT2D eigenvalue weighted by Gasteiger charge is -2.47. The van der Waals surface area contributed by atoms with Crippen LogP contribution in [0.25, 0.3) is 0 Å². The van der Waals surface area contributed by atoms with E-state index < -0.39 is 0 Å². The third-order valence-corrected chi connectivity index (χ3v) is 6.02. The summed E-state index contributed by atoms with van der Waals surface area (Å²) in [6.45, 7) is 6.69. The normalized spacial score (nSPS) is 21.6. The van der Waals surface area contributed by atoms with Gasteiger partial charge in [-0.1, -0.05) is 6.07 Å². The minimum absolute atomic E-state index is 0.00536. The second-order valence-corrected chi connectivity index (χ2v) is 7.97. The fraction of sp³-hybridized carbons (Fsp3) is 0.556. The molecule has 2 aromatic rings. The summed E-state index contributed by atoms with van der Waals surface area (Å²) in [6, 6.07) is 4.03. The van der Waals surface area contributed by atoms with E-state index in [9.17, 15) is 0 Å². The summed E-state index contributed by atoms with van der Waals surface area (Å²) in [6.07, 6.45) is 5.80. The number of hydrogen-bond acceptors (Lipinski definition) is 7. The van der Waals surface area contributed by atoms with Crippen LogP contribution in [0.4, 0.5) is 5.82 Å². The Labute approximate surface area is 152 Å². The van der Waals surface area contributed by atoms with E-state index in [1.54, 1.807) is 17.5 Å². The largest absolute Gasteiger partial charge is 0.383 e. The number of rotatable bonds is 4. The Bertz CT molecular complexity index is 685. The van der Waals surface area contributed by atoms with Crippen molar-refractivity contribution in [2.24, 2.45) is 0 Å². The molecule has 0 bridgehead atoms. The SMILES string of the molecule is Nc1ncccc1CN1CCOC2(CCN(Cc3nccs3)CC2)C1. The van der Waals surface area contributed by atoms with Crippen molar-refractivity contribution in [2.45, 2.75) is 31.5 Å². The van der Waals surface area contributed by atoms with Crippen molar-refractivity contribution < 1.29 is 4.74 Å². The monoisotopic (exact) mass is 359 g/mol. The second kappa shape index (κ2) is 7.37. The third kappa shape index (κ3) is 4.00. The fourth-order valence-electron chi connectivity index (χ4n) is 3.83. The first-order valence-electron chi connectivity index (χ1n) is 8.89. The first-order chi connectivity index (χ1) is 12.2. The molecule has 7 heteroatoms. The summed E-state index contributed by atoms with van der Waals surface area (Å²) in [5.74, 6) is 0.640. The molecule has 0 amide bonds. The van der Waals surface area contributed by atoms with Gasteiger partial charge in [0.1, 0.15) is 10.8 Å². The van der Waals surface area contributed by atoms with Crippen molar-refractivity contribution in [3.63, 3.8) is 0 Å². The van der Waals surface area contributed by atoms with Crippen LogP contribution < -0.4 is 5.73 Å². The molecular formula is C18H25N5OS. The van der Waals surface area contributed by atoms with Crippen LogP contribution >= 0.6 is 11.3 Å². The molecule has 1 spiro atoms. The number of ether oxygens (including phenoxy) is 1. The molecule has 134 valence electrons. The number of nitrogen functional groups attached to an aromatic ring is 1. The molecule has 4 heterocycles. The molecule has 0 aromatic carbocycles. The maximum absolute atomic E-state index is 6.26. The number of hydrogen-bond donors (Lipinski definition) is 1. The first-order valence-corrected chi connectivity index (χ1v) is 9.77. The zero-order chi connectivity index (χ0) is 17.1. The fourth-order valence-corrected chi connectivity index (χ4v) is 4.48. The van der Waals surface area contributed by atoms with E-state index in [1.165, 1.54) is 5.01 Å². The molecule has 0 aliphatic carbocycles. The van der Waals surface area contributed by atoms with Gasteiger partial charge in [-0.3, -0.25) is 9.80 Å². The van der Waals surface area contributed by atoms with Crippen LogP contribution in [0.15, 0.2) is 29.9 Å². The van der Waals surface area contributed by atoms with Gasteiger partial charge in [0.2, 0.25) is 0 Å². The number of likely N-dealkylation sites (tertiary alicyclic amines) is 1. The van der Waals surface area contributed by atoms with Crippen LogP contribution in [-0.2, 0) is 17.8 Å². The zero-order valence-electron chi connectivity index (χ0n) is 14.4. The van der Waals surface area contributed by atoms with Crippen LogP contribution in [0, 0.1) is 0 Å². The van der Waals surface area contributed by atoms with Gasteiger partial charge in [-0.25, -0.2) is 9.97 Å². The van der Waals surface area contributed by atoms with E-state index in [0.29, 0.717) is 5.82 Å². The van der Waals surface area contributed by atoms with Crippen LogP contribution in [0.5, 0.6) is 0 Å². The molecule has 25 heavy (non-hydrogen) atoms. The average molecular weight is 359 g/mol. The lowest BCUT2D eigenvalue weighted by atomic mass is 9.89. The molecular weight excluding hydrogens is 334 g/mol. The highest BCUT2D eigenvalue weighted by molar-refractivity contribution is 7.09. The topological polar surface area (TPSA) is 67.5 Å². The number of piperidine rings is 1. The Morgan fingerprint density at radius 3 is 2.76 bits per heavy atom. The molecule has 0 atom stereocenters. The summed E-state index contributed by atoms with van der Waals surface area (Å²) >= 11 is 1.74. The number of morpholine rings is 1. The summed E-state index contributed by atoms with van der Waals surface area (Å²) < 4.78 is 6.26. The summed E-state index contributed by atoms with van der Waals surface area (Å²) in [4.78, 5) is 13.6. The van der Waals surface area contributed by atoms with E-state index >= 15 is 0 Å². The lowest BCUT2D eigenvalue weighted by molar-refractivity contribution is -0.138. The van der Waals surface area contributed by atoms with Crippen molar-refractivity contribution in [2.75, 3.05) is 38.5 Å². The van der Waals surface area contributed by atoms with Crippen molar-refractivity contribution >= 4 is 17.2 Å². The van der Waals surface area contributed by atoms with Crippen molar-refractivity contribution in [3.05, 3.63) is 40.5 Å². The Kier molecular flexibility index (Phi) is 4.98. The number of pyridine rings is 1. The number of anilines is 1. The van der Waals surface area contributed by atoms with Crippen LogP contribution in [-0.4, -0.2) is 58.2 Å². The van der Waals surface area contributed by atoms with Crippen molar-refractivity contribution in [1.82, 2.24) is 19.8 Å². The molecule has 2 N–H and O–H groups in total. The Balaban J connectivity index is 1.34. The highest BCUT2D eigenvalue weighted by Gasteiger charge is 2.39. The zero-order valence-corrected chi connectivity index (χ0v) is 15.2. The molecule has 2 aromatic heterocycles. The van der Waals surface area contributed by atoms with Gasteiger partial charge in [0.05, 0.1) is 18.8 Å². The molecule has 2 aliphatic rings. The van der Waals surface area contributed by atoms with E-state index in [1.807, 2.05) is 17.6 Å². The van der Waals surface area contributed by atoms with E-state index in [-0.39, 0.29) is 5.60 Å². The lowest BCUT2D eigenvalue weighted by Crippen LogP contribution is -2.56. The predicted octanol–water partition coefficient (Wildman–Crippen LogP) is 1.99. The number of aromatic nitrogens is 2. The van der Waals surface area contributed by atoms with Gasteiger partial charge < -0.3 is 10.5 Å². The van der Waals surface area contributed by atoms with Crippen LogP contribution in [0.2, 0.25) is 0 Å². The molecule has 2 saturated heterocycles. The highest BCUT2D eigenvalue weighted by Crippen LogP contribution is 2.31. The minimum Gasteiger partial charge on any atom is -0.383 e. The molecule has 6 nitrogen and oxygen atoms in total. The van der Waals surface area contributed by atoms with Crippen molar-refractivity contribution in [3.8, 4) is 0 Å².